The summed E-state index contributed by atoms with van der Waals surface area (Å²) in [5.74, 6) is -1.91. The van der Waals surface area contributed by atoms with Crippen LogP contribution in [0.1, 0.15) is 5.56 Å². The topological polar surface area (TPSA) is 52.4 Å². The Morgan fingerprint density at radius 2 is 1.95 bits per heavy atom. The molecule has 0 spiro atoms. The minimum absolute atomic E-state index is 0.172. The van der Waals surface area contributed by atoms with Crippen LogP contribution in [0, 0.1) is 21.7 Å². The molecule has 0 unspecified atom stereocenters. The van der Waals surface area contributed by atoms with Crippen LogP contribution in [0.5, 0.6) is 5.75 Å². The third-order valence-electron chi connectivity index (χ3n) is 2.53. The molecule has 7 heteroatoms. The molecule has 0 N–H and O–H groups in total. The number of halogens is 3. The van der Waals surface area contributed by atoms with E-state index < -0.39 is 28.0 Å². The highest BCUT2D eigenvalue weighted by Gasteiger charge is 2.19. The van der Waals surface area contributed by atoms with E-state index in [9.17, 15) is 18.9 Å². The van der Waals surface area contributed by atoms with Crippen LogP contribution in [0.25, 0.3) is 0 Å². The number of nitro groups is 1. The van der Waals surface area contributed by atoms with E-state index in [-0.39, 0.29) is 12.2 Å². The lowest BCUT2D eigenvalue weighted by Gasteiger charge is -2.08. The summed E-state index contributed by atoms with van der Waals surface area (Å²) in [4.78, 5) is 10.0. The first kappa shape index (κ1) is 14.4. The van der Waals surface area contributed by atoms with Crippen molar-refractivity contribution in [3.63, 3.8) is 0 Å². The van der Waals surface area contributed by atoms with E-state index >= 15 is 0 Å². The van der Waals surface area contributed by atoms with Crippen molar-refractivity contribution >= 4 is 21.6 Å². The largest absolute Gasteiger partial charge is 0.480 e. The number of benzene rings is 2. The van der Waals surface area contributed by atoms with Gasteiger partial charge in [0.1, 0.15) is 12.4 Å². The molecule has 2 aromatic rings. The van der Waals surface area contributed by atoms with Crippen molar-refractivity contribution in [2.24, 2.45) is 0 Å². The third-order valence-corrected chi connectivity index (χ3v) is 3.02. The van der Waals surface area contributed by atoms with E-state index in [0.717, 1.165) is 12.1 Å². The van der Waals surface area contributed by atoms with Gasteiger partial charge in [0.2, 0.25) is 5.75 Å². The lowest BCUT2D eigenvalue weighted by Crippen LogP contribution is -2.03. The first-order valence-corrected chi connectivity index (χ1v) is 6.28. The second kappa shape index (κ2) is 5.96. The Hall–Kier alpha value is -2.02. The number of ether oxygens (including phenoxy) is 1. The number of hydrogen-bond acceptors (Lipinski definition) is 3. The average Bonchev–Trinajstić information content (AvgIpc) is 2.38. The molecule has 4 nitrogen and oxygen atoms in total. The van der Waals surface area contributed by atoms with Gasteiger partial charge in [-0.05, 0) is 18.2 Å². The van der Waals surface area contributed by atoms with Gasteiger partial charge in [-0.25, -0.2) is 8.78 Å². The maximum absolute atomic E-state index is 13.6. The Labute approximate surface area is 121 Å². The van der Waals surface area contributed by atoms with Gasteiger partial charge in [0.15, 0.2) is 5.82 Å². The SMILES string of the molecule is O=[N+]([O-])c1cccc(F)c1OCc1ccc(Br)cc1F. The quantitative estimate of drug-likeness (QED) is 0.617. The zero-order valence-corrected chi connectivity index (χ0v) is 11.6. The molecular formula is C13H8BrF2NO3. The van der Waals surface area contributed by atoms with E-state index in [2.05, 4.69) is 15.9 Å². The van der Waals surface area contributed by atoms with Gasteiger partial charge in [-0.1, -0.05) is 28.1 Å². The molecule has 104 valence electrons. The molecule has 0 amide bonds. The summed E-state index contributed by atoms with van der Waals surface area (Å²) in [5, 5.41) is 10.8. The minimum Gasteiger partial charge on any atom is -0.480 e. The molecule has 0 atom stereocenters. The molecule has 2 aromatic carbocycles. The number of nitro benzene ring substituents is 1. The van der Waals surface area contributed by atoms with Crippen LogP contribution < -0.4 is 4.74 Å². The Morgan fingerprint density at radius 1 is 1.20 bits per heavy atom. The molecule has 0 aliphatic rings. The van der Waals surface area contributed by atoms with E-state index in [1.807, 2.05) is 0 Å². The fourth-order valence-corrected chi connectivity index (χ4v) is 1.91. The molecule has 0 heterocycles. The highest BCUT2D eigenvalue weighted by atomic mass is 79.9. The lowest BCUT2D eigenvalue weighted by molar-refractivity contribution is -0.386. The molecule has 0 aliphatic carbocycles. The Morgan fingerprint density at radius 3 is 2.60 bits per heavy atom. The van der Waals surface area contributed by atoms with Gasteiger partial charge >= 0.3 is 5.69 Å². The molecule has 0 aliphatic heterocycles. The molecule has 0 aromatic heterocycles. The van der Waals surface area contributed by atoms with Crippen molar-refractivity contribution in [3.8, 4) is 5.75 Å². The molecular weight excluding hydrogens is 336 g/mol. The van der Waals surface area contributed by atoms with Crippen molar-refractivity contribution in [2.45, 2.75) is 6.61 Å². The minimum atomic E-state index is -0.864. The van der Waals surface area contributed by atoms with Gasteiger partial charge in [0, 0.05) is 16.1 Å². The average molecular weight is 344 g/mol. The Bertz CT molecular complexity index is 664. The van der Waals surface area contributed by atoms with E-state index in [4.69, 9.17) is 4.74 Å². The van der Waals surface area contributed by atoms with Gasteiger partial charge in [-0.2, -0.15) is 0 Å². The fraction of sp³-hybridized carbons (Fsp3) is 0.0769. The summed E-state index contributed by atoms with van der Waals surface area (Å²) >= 11 is 3.10. The summed E-state index contributed by atoms with van der Waals surface area (Å²) in [6, 6.07) is 7.65. The van der Waals surface area contributed by atoms with Crippen molar-refractivity contribution in [3.05, 3.63) is 68.2 Å². The number of rotatable bonds is 4. The summed E-state index contributed by atoms with van der Waals surface area (Å²) in [6.45, 7) is -0.305. The zero-order chi connectivity index (χ0) is 14.7. The monoisotopic (exact) mass is 343 g/mol. The maximum atomic E-state index is 13.6. The summed E-state index contributed by atoms with van der Waals surface area (Å²) in [6.07, 6.45) is 0. The first-order chi connectivity index (χ1) is 9.49. The highest BCUT2D eigenvalue weighted by Crippen LogP contribution is 2.30. The van der Waals surface area contributed by atoms with Crippen LogP contribution >= 0.6 is 15.9 Å². The fourth-order valence-electron chi connectivity index (χ4n) is 1.57. The summed E-state index contributed by atoms with van der Waals surface area (Å²) in [5.41, 5.74) is -0.326. The Balaban J connectivity index is 2.25. The molecule has 0 saturated heterocycles. The van der Waals surface area contributed by atoms with Gasteiger partial charge in [0.05, 0.1) is 4.92 Å². The molecule has 2 rings (SSSR count). The van der Waals surface area contributed by atoms with Crippen LogP contribution in [0.4, 0.5) is 14.5 Å². The van der Waals surface area contributed by atoms with Gasteiger partial charge in [-0.3, -0.25) is 10.1 Å². The standard InChI is InChI=1S/C13H8BrF2NO3/c14-9-5-4-8(11(16)6-9)7-20-13-10(15)2-1-3-12(13)17(18)19/h1-6H,7H2. The highest BCUT2D eigenvalue weighted by molar-refractivity contribution is 9.10. The smallest absolute Gasteiger partial charge is 0.314 e. The lowest BCUT2D eigenvalue weighted by atomic mass is 10.2. The molecule has 0 bridgehead atoms. The van der Waals surface area contributed by atoms with E-state index in [0.29, 0.717) is 4.47 Å². The molecule has 0 saturated carbocycles. The second-order valence-electron chi connectivity index (χ2n) is 3.87. The van der Waals surface area contributed by atoms with E-state index in [1.165, 1.54) is 18.2 Å². The first-order valence-electron chi connectivity index (χ1n) is 5.48. The van der Waals surface area contributed by atoms with Crippen molar-refractivity contribution in [1.29, 1.82) is 0 Å². The third kappa shape index (κ3) is 3.11. The predicted molar refractivity (Wildman–Crippen MR) is 71.5 cm³/mol. The van der Waals surface area contributed by atoms with Gasteiger partial charge in [0.25, 0.3) is 0 Å². The van der Waals surface area contributed by atoms with Crippen molar-refractivity contribution in [2.75, 3.05) is 0 Å². The van der Waals surface area contributed by atoms with Crippen LogP contribution in [0.2, 0.25) is 0 Å². The van der Waals surface area contributed by atoms with Crippen LogP contribution in [-0.2, 0) is 6.61 Å². The van der Waals surface area contributed by atoms with Crippen molar-refractivity contribution < 1.29 is 18.4 Å². The predicted octanol–water partition coefficient (Wildman–Crippen LogP) is 4.21. The summed E-state index contributed by atoms with van der Waals surface area (Å²) < 4.78 is 32.7. The van der Waals surface area contributed by atoms with Crippen LogP contribution in [0.3, 0.4) is 0 Å². The van der Waals surface area contributed by atoms with Crippen LogP contribution in [-0.4, -0.2) is 4.92 Å². The summed E-state index contributed by atoms with van der Waals surface area (Å²) in [7, 11) is 0. The van der Waals surface area contributed by atoms with Crippen molar-refractivity contribution in [1.82, 2.24) is 0 Å². The molecule has 0 fully saturated rings. The number of hydrogen-bond donors (Lipinski definition) is 0. The van der Waals surface area contributed by atoms with Crippen LogP contribution in [0.15, 0.2) is 40.9 Å². The number of nitrogens with zero attached hydrogens (tertiary/aromatic N) is 1. The second-order valence-corrected chi connectivity index (χ2v) is 4.79. The zero-order valence-electron chi connectivity index (χ0n) is 9.98. The normalized spacial score (nSPS) is 10.3. The molecule has 20 heavy (non-hydrogen) atoms. The molecule has 0 radical (unpaired) electrons. The van der Waals surface area contributed by atoms with Gasteiger partial charge < -0.3 is 4.74 Å². The maximum Gasteiger partial charge on any atom is 0.314 e. The van der Waals surface area contributed by atoms with Gasteiger partial charge in [-0.15, -0.1) is 0 Å². The van der Waals surface area contributed by atoms with E-state index in [1.54, 1.807) is 6.07 Å². The Kier molecular flexibility index (Phi) is 4.29. The number of para-hydroxylation sites is 1.